The Labute approximate surface area is 304 Å². The molecule has 0 rings (SSSR count). The summed E-state index contributed by atoms with van der Waals surface area (Å²) in [6.07, 6.45) is 38.3. The Morgan fingerprint density at radius 3 is 0.816 bits per heavy atom. The van der Waals surface area contributed by atoms with Gasteiger partial charge in [0.15, 0.2) is 6.10 Å². The predicted octanol–water partition coefficient (Wildman–Crippen LogP) is 13.3. The Morgan fingerprint density at radius 2 is 0.551 bits per heavy atom. The molecule has 0 aliphatic rings. The third-order valence-corrected chi connectivity index (χ3v) is 9.61. The molecule has 0 aromatic heterocycles. The first-order chi connectivity index (χ1) is 24.0. The summed E-state index contributed by atoms with van der Waals surface area (Å²) in [5.74, 6) is -0.872. The lowest BCUT2D eigenvalue weighted by atomic mass is 10.0. The Bertz CT molecular complexity index is 723. The molecule has 0 aliphatic heterocycles. The van der Waals surface area contributed by atoms with Crippen LogP contribution in [0.4, 0.5) is 0 Å². The molecule has 0 aromatic carbocycles. The van der Waals surface area contributed by atoms with E-state index in [9.17, 15) is 14.4 Å². The number of unbranched alkanes of at least 4 members (excludes halogenated alkanes) is 28. The minimum atomic E-state index is -0.755. The highest BCUT2D eigenvalue weighted by Gasteiger charge is 2.19. The van der Waals surface area contributed by atoms with Crippen LogP contribution in [0.2, 0.25) is 0 Å². The van der Waals surface area contributed by atoms with Crippen molar-refractivity contribution in [3.05, 3.63) is 0 Å². The van der Waals surface area contributed by atoms with Gasteiger partial charge < -0.3 is 14.2 Å². The van der Waals surface area contributed by atoms with Crippen LogP contribution in [0.25, 0.3) is 0 Å². The highest BCUT2D eigenvalue weighted by atomic mass is 16.6. The van der Waals surface area contributed by atoms with Gasteiger partial charge in [-0.3, -0.25) is 14.4 Å². The molecule has 0 saturated carbocycles. The van der Waals surface area contributed by atoms with E-state index in [1.54, 1.807) is 0 Å². The normalized spacial score (nSPS) is 11.8. The zero-order chi connectivity index (χ0) is 35.9. The van der Waals surface area contributed by atoms with Crippen molar-refractivity contribution < 1.29 is 28.6 Å². The van der Waals surface area contributed by atoms with Crippen molar-refractivity contribution in [3.8, 4) is 0 Å². The van der Waals surface area contributed by atoms with Crippen LogP contribution >= 0.6 is 0 Å². The molecule has 0 heterocycles. The predicted molar refractivity (Wildman–Crippen MR) is 206 cm³/mol. The summed E-state index contributed by atoms with van der Waals surface area (Å²) in [4.78, 5) is 37.3. The monoisotopic (exact) mass is 695 g/mol. The van der Waals surface area contributed by atoms with Crippen LogP contribution in [0.3, 0.4) is 0 Å². The molecular formula is C43H82O6. The molecule has 1 atom stereocenters. The fourth-order valence-corrected chi connectivity index (χ4v) is 6.32. The molecule has 0 unspecified atom stereocenters. The lowest BCUT2D eigenvalue weighted by Crippen LogP contribution is -2.30. The molecule has 6 nitrogen and oxygen atoms in total. The molecule has 0 bridgehead atoms. The summed E-state index contributed by atoms with van der Waals surface area (Å²) in [5, 5.41) is 0. The minimum absolute atomic E-state index is 0.0647. The van der Waals surface area contributed by atoms with Crippen molar-refractivity contribution in [2.45, 2.75) is 245 Å². The van der Waals surface area contributed by atoms with Crippen molar-refractivity contribution in [3.63, 3.8) is 0 Å². The second-order valence-electron chi connectivity index (χ2n) is 14.6. The molecule has 0 spiro atoms. The maximum absolute atomic E-state index is 12.5. The van der Waals surface area contributed by atoms with Gasteiger partial charge in [-0.05, 0) is 19.3 Å². The van der Waals surface area contributed by atoms with E-state index in [1.165, 1.54) is 135 Å². The topological polar surface area (TPSA) is 78.9 Å². The zero-order valence-corrected chi connectivity index (χ0v) is 33.0. The van der Waals surface area contributed by atoms with E-state index in [0.717, 1.165) is 64.2 Å². The molecular weight excluding hydrogens is 612 g/mol. The Kier molecular flexibility index (Phi) is 37.9. The number of ether oxygens (including phenoxy) is 3. The van der Waals surface area contributed by atoms with E-state index in [2.05, 4.69) is 20.8 Å². The molecule has 49 heavy (non-hydrogen) atoms. The molecule has 0 fully saturated rings. The van der Waals surface area contributed by atoms with E-state index in [4.69, 9.17) is 14.2 Å². The molecule has 0 radical (unpaired) electrons. The number of hydrogen-bond acceptors (Lipinski definition) is 6. The largest absolute Gasteiger partial charge is 0.462 e. The van der Waals surface area contributed by atoms with Gasteiger partial charge >= 0.3 is 17.9 Å². The Morgan fingerprint density at radius 1 is 0.327 bits per heavy atom. The number of carbonyl (C=O) groups is 3. The summed E-state index contributed by atoms with van der Waals surface area (Å²) in [6, 6.07) is 0. The molecule has 0 N–H and O–H groups in total. The van der Waals surface area contributed by atoms with Gasteiger partial charge in [0.25, 0.3) is 0 Å². The van der Waals surface area contributed by atoms with Gasteiger partial charge in [-0.25, -0.2) is 0 Å². The summed E-state index contributed by atoms with van der Waals surface area (Å²) in [6.45, 7) is 6.55. The molecule has 0 amide bonds. The first kappa shape index (κ1) is 47.4. The Hall–Kier alpha value is -1.59. The quantitative estimate of drug-likeness (QED) is 0.0362. The van der Waals surface area contributed by atoms with E-state index in [-0.39, 0.29) is 31.1 Å². The first-order valence-corrected chi connectivity index (χ1v) is 21.5. The summed E-state index contributed by atoms with van der Waals surface area (Å²) in [7, 11) is 0. The van der Waals surface area contributed by atoms with Crippen LogP contribution in [0.15, 0.2) is 0 Å². The molecule has 6 heteroatoms. The van der Waals surface area contributed by atoms with Gasteiger partial charge in [0.1, 0.15) is 13.2 Å². The molecule has 0 aromatic rings. The van der Waals surface area contributed by atoms with Crippen LogP contribution in [0, 0.1) is 0 Å². The zero-order valence-electron chi connectivity index (χ0n) is 33.0. The van der Waals surface area contributed by atoms with Gasteiger partial charge in [-0.2, -0.15) is 0 Å². The summed E-state index contributed by atoms with van der Waals surface area (Å²) < 4.78 is 16.5. The van der Waals surface area contributed by atoms with Crippen molar-refractivity contribution in [1.29, 1.82) is 0 Å². The number of esters is 3. The van der Waals surface area contributed by atoms with Crippen molar-refractivity contribution in [2.75, 3.05) is 13.2 Å². The van der Waals surface area contributed by atoms with Crippen LogP contribution in [0.5, 0.6) is 0 Å². The molecule has 0 saturated heterocycles. The number of carbonyl (C=O) groups excluding carboxylic acids is 3. The lowest BCUT2D eigenvalue weighted by Gasteiger charge is -2.18. The van der Waals surface area contributed by atoms with Gasteiger partial charge in [0, 0.05) is 19.3 Å². The van der Waals surface area contributed by atoms with Crippen LogP contribution in [-0.2, 0) is 28.6 Å². The van der Waals surface area contributed by atoms with E-state index in [0.29, 0.717) is 19.3 Å². The fourth-order valence-electron chi connectivity index (χ4n) is 6.32. The Balaban J connectivity index is 4.12. The average Bonchev–Trinajstić information content (AvgIpc) is 3.09. The van der Waals surface area contributed by atoms with Crippen LogP contribution < -0.4 is 0 Å². The first-order valence-electron chi connectivity index (χ1n) is 21.5. The van der Waals surface area contributed by atoms with Gasteiger partial charge in [0.05, 0.1) is 0 Å². The lowest BCUT2D eigenvalue weighted by molar-refractivity contribution is -0.167. The SMILES string of the molecule is CCCCCCCCCCCCCCCCCCC(=O)OC[C@H](COC(=O)CCCCCCCCCCCC)OC(=O)CCCCCCC. The second-order valence-corrected chi connectivity index (χ2v) is 14.6. The second kappa shape index (κ2) is 39.2. The number of rotatable bonds is 39. The number of hydrogen-bond donors (Lipinski definition) is 0. The maximum Gasteiger partial charge on any atom is 0.306 e. The van der Waals surface area contributed by atoms with Gasteiger partial charge in [-0.15, -0.1) is 0 Å². The summed E-state index contributed by atoms with van der Waals surface area (Å²) in [5.41, 5.74) is 0. The maximum atomic E-state index is 12.5. The third kappa shape index (κ3) is 37.5. The fraction of sp³-hybridized carbons (Fsp3) is 0.930. The van der Waals surface area contributed by atoms with Crippen molar-refractivity contribution in [1.82, 2.24) is 0 Å². The molecule has 290 valence electrons. The standard InChI is InChI=1S/C43H82O6/c1-4-7-10-13-15-17-19-20-21-22-23-24-26-28-31-33-36-42(45)48-39-40(49-43(46)37-34-29-12-9-6-3)38-47-41(44)35-32-30-27-25-18-16-14-11-8-5-2/h40H,4-39H2,1-3H3/t40-/m0/s1. The minimum Gasteiger partial charge on any atom is -0.462 e. The van der Waals surface area contributed by atoms with E-state index >= 15 is 0 Å². The highest BCUT2D eigenvalue weighted by Crippen LogP contribution is 2.15. The van der Waals surface area contributed by atoms with Crippen molar-refractivity contribution in [2.24, 2.45) is 0 Å². The highest BCUT2D eigenvalue weighted by molar-refractivity contribution is 5.71. The molecule has 0 aliphatic carbocycles. The van der Waals surface area contributed by atoms with Crippen LogP contribution in [0.1, 0.15) is 239 Å². The van der Waals surface area contributed by atoms with Crippen LogP contribution in [-0.4, -0.2) is 37.2 Å². The van der Waals surface area contributed by atoms with E-state index in [1.807, 2.05) is 0 Å². The third-order valence-electron chi connectivity index (χ3n) is 9.61. The van der Waals surface area contributed by atoms with Gasteiger partial charge in [0.2, 0.25) is 0 Å². The van der Waals surface area contributed by atoms with E-state index < -0.39 is 6.10 Å². The summed E-state index contributed by atoms with van der Waals surface area (Å²) >= 11 is 0. The van der Waals surface area contributed by atoms with Crippen molar-refractivity contribution >= 4 is 17.9 Å². The smallest absolute Gasteiger partial charge is 0.306 e. The van der Waals surface area contributed by atoms with Gasteiger partial charge in [-0.1, -0.05) is 201 Å². The average molecular weight is 695 g/mol.